The highest BCUT2D eigenvalue weighted by Crippen LogP contribution is 2.46. The summed E-state index contributed by atoms with van der Waals surface area (Å²) in [7, 11) is 0. The first-order valence-electron chi connectivity index (χ1n) is 10.1. The van der Waals surface area contributed by atoms with Gasteiger partial charge in [0.05, 0.1) is 11.1 Å². The molecule has 2 aromatic carbocycles. The van der Waals surface area contributed by atoms with E-state index in [-0.39, 0.29) is 17.2 Å². The number of nitrogens with zero attached hydrogens (tertiary/aromatic N) is 1. The monoisotopic (exact) mass is 397 g/mol. The van der Waals surface area contributed by atoms with E-state index in [2.05, 4.69) is 4.58 Å². The zero-order valence-electron chi connectivity index (χ0n) is 15.8. The van der Waals surface area contributed by atoms with Gasteiger partial charge in [-0.3, -0.25) is 0 Å². The lowest BCUT2D eigenvalue weighted by molar-refractivity contribution is -0.0700. The molecule has 0 unspecified atom stereocenters. The highest BCUT2D eigenvalue weighted by atomic mass is 19.4. The Morgan fingerprint density at radius 3 is 2.59 bits per heavy atom. The number of allylic oxidation sites excluding steroid dienone is 1. The largest absolute Gasteiger partial charge is 0.455 e. The van der Waals surface area contributed by atoms with Gasteiger partial charge in [-0.1, -0.05) is 0 Å². The van der Waals surface area contributed by atoms with Gasteiger partial charge in [-0.25, -0.2) is 4.58 Å². The molecule has 6 heteroatoms. The van der Waals surface area contributed by atoms with Crippen molar-refractivity contribution in [2.24, 2.45) is 0 Å². The van der Waals surface area contributed by atoms with Crippen LogP contribution in [-0.2, 0) is 19.3 Å². The van der Waals surface area contributed by atoms with Crippen LogP contribution in [0.2, 0.25) is 0 Å². The Hall–Kier alpha value is -2.76. The van der Waals surface area contributed by atoms with Crippen LogP contribution in [-0.4, -0.2) is 19.3 Å². The van der Waals surface area contributed by atoms with Gasteiger partial charge in [-0.15, -0.1) is 0 Å². The smallest absolute Gasteiger partial charge is 0.417 e. The molecule has 0 saturated carbocycles. The summed E-state index contributed by atoms with van der Waals surface area (Å²) in [5.41, 5.74) is 9.62. The third-order valence-electron chi connectivity index (χ3n) is 6.55. The molecule has 1 aliphatic carbocycles. The molecule has 0 fully saturated rings. The minimum Gasteiger partial charge on any atom is -0.455 e. The van der Waals surface area contributed by atoms with Crippen molar-refractivity contribution < 1.29 is 17.9 Å². The second kappa shape index (κ2) is 5.65. The minimum atomic E-state index is -4.45. The summed E-state index contributed by atoms with van der Waals surface area (Å²) in [5, 5.41) is 1.33. The number of anilines is 1. The number of aryl methyl sites for hydroxylation is 1. The van der Waals surface area contributed by atoms with Crippen molar-refractivity contribution in [3.63, 3.8) is 0 Å². The van der Waals surface area contributed by atoms with Gasteiger partial charge >= 0.3 is 6.18 Å². The van der Waals surface area contributed by atoms with Crippen molar-refractivity contribution in [2.75, 3.05) is 18.8 Å². The molecule has 0 radical (unpaired) electrons. The summed E-state index contributed by atoms with van der Waals surface area (Å²) in [6.45, 7) is 1.93. The molecule has 0 saturated heterocycles. The van der Waals surface area contributed by atoms with E-state index < -0.39 is 11.7 Å². The van der Waals surface area contributed by atoms with E-state index in [0.29, 0.717) is 17.2 Å². The van der Waals surface area contributed by atoms with Gasteiger partial charge in [0.1, 0.15) is 24.6 Å². The van der Waals surface area contributed by atoms with Gasteiger partial charge < -0.3 is 10.5 Å². The number of hydrogen-bond donors (Lipinski definition) is 1. The average Bonchev–Trinajstić information content (AvgIpc) is 3.02. The summed E-state index contributed by atoms with van der Waals surface area (Å²) in [4.78, 5) is 0. The van der Waals surface area contributed by atoms with E-state index in [1.165, 1.54) is 0 Å². The maximum absolute atomic E-state index is 14.4. The maximum Gasteiger partial charge on any atom is 0.417 e. The average molecular weight is 397 g/mol. The second-order valence-corrected chi connectivity index (χ2v) is 8.31. The second-order valence-electron chi connectivity index (χ2n) is 8.31. The number of fused-ring (bicyclic) bond motifs is 4. The highest BCUT2D eigenvalue weighted by Gasteiger charge is 2.44. The van der Waals surface area contributed by atoms with Crippen LogP contribution in [0.5, 0.6) is 5.75 Å². The third kappa shape index (κ3) is 2.35. The predicted octanol–water partition coefficient (Wildman–Crippen LogP) is 2.73. The van der Waals surface area contributed by atoms with Gasteiger partial charge in [0, 0.05) is 46.9 Å². The molecule has 0 amide bonds. The molecule has 6 rings (SSSR count). The fourth-order valence-electron chi connectivity index (χ4n) is 5.45. The standard InChI is InChI=1S/C23H19F3N2O/c24-23(25,26)19-17-10-12-3-1-7-28-8-2-4-16(20(12)28)22(17)29-21-15-6-5-14(27)9-13(15)11-18(19)21/h5-6,9-10,27H,1-4,7-8,11H2/p+1. The molecular formula is C23H20F3N2O+. The van der Waals surface area contributed by atoms with Crippen molar-refractivity contribution in [3.8, 4) is 5.75 Å². The molecule has 2 N–H and O–H groups in total. The summed E-state index contributed by atoms with van der Waals surface area (Å²) in [6.07, 6.45) is -0.762. The number of nitrogens with two attached hydrogens (primary N) is 1. The molecule has 29 heavy (non-hydrogen) atoms. The van der Waals surface area contributed by atoms with Crippen LogP contribution in [0.3, 0.4) is 0 Å². The predicted molar refractivity (Wildman–Crippen MR) is 105 cm³/mol. The Morgan fingerprint density at radius 2 is 1.79 bits per heavy atom. The van der Waals surface area contributed by atoms with Crippen molar-refractivity contribution in [1.29, 1.82) is 0 Å². The van der Waals surface area contributed by atoms with E-state index in [1.807, 2.05) is 0 Å². The molecule has 3 nitrogen and oxygen atoms in total. The first-order chi connectivity index (χ1) is 13.9. The molecule has 3 aliphatic heterocycles. The van der Waals surface area contributed by atoms with Gasteiger partial charge in [0.2, 0.25) is 5.36 Å². The summed E-state index contributed by atoms with van der Waals surface area (Å²) in [5.74, 6) is 0.759. The Morgan fingerprint density at radius 1 is 1.00 bits per heavy atom. The minimum absolute atomic E-state index is 0.197. The van der Waals surface area contributed by atoms with Crippen LogP contribution >= 0.6 is 0 Å². The van der Waals surface area contributed by atoms with Crippen LogP contribution in [0.4, 0.5) is 18.9 Å². The Balaban J connectivity index is 1.71. The van der Waals surface area contributed by atoms with Crippen molar-refractivity contribution >= 4 is 17.0 Å². The lowest BCUT2D eigenvalue weighted by atomic mass is 9.90. The molecule has 0 bridgehead atoms. The van der Waals surface area contributed by atoms with Gasteiger partial charge in [-0.2, -0.15) is 13.2 Å². The van der Waals surface area contributed by atoms with Crippen LogP contribution in [0.15, 0.2) is 29.8 Å². The number of alkyl halides is 3. The first kappa shape index (κ1) is 17.1. The lowest BCUT2D eigenvalue weighted by Gasteiger charge is -2.26. The van der Waals surface area contributed by atoms with E-state index in [1.54, 1.807) is 24.3 Å². The maximum atomic E-state index is 14.4. The van der Waals surface area contributed by atoms with Crippen LogP contribution in [0, 0.1) is 0 Å². The first-order valence-corrected chi connectivity index (χ1v) is 10.1. The summed E-state index contributed by atoms with van der Waals surface area (Å²) in [6, 6.07) is 7.00. The van der Waals surface area contributed by atoms with Gasteiger partial charge in [0.25, 0.3) is 0 Å². The molecular weight excluding hydrogens is 377 g/mol. The Kier molecular flexibility index (Phi) is 3.34. The van der Waals surface area contributed by atoms with Gasteiger partial charge in [-0.05, 0) is 42.7 Å². The fraction of sp³-hybridized carbons (Fsp3) is 0.348. The molecule has 3 heterocycles. The highest BCUT2D eigenvalue weighted by molar-refractivity contribution is 5.90. The molecule has 2 aromatic rings. The number of halogens is 3. The van der Waals surface area contributed by atoms with Crippen molar-refractivity contribution in [1.82, 2.24) is 4.58 Å². The van der Waals surface area contributed by atoms with Crippen LogP contribution in [0.25, 0.3) is 11.3 Å². The van der Waals surface area contributed by atoms with E-state index >= 15 is 0 Å². The van der Waals surface area contributed by atoms with Crippen LogP contribution < -0.4 is 25.6 Å². The zero-order chi connectivity index (χ0) is 19.9. The number of rotatable bonds is 0. The summed E-state index contributed by atoms with van der Waals surface area (Å²) >= 11 is 0. The topological polar surface area (TPSA) is 38.3 Å². The van der Waals surface area contributed by atoms with Crippen LogP contribution in [0.1, 0.15) is 35.1 Å². The number of nitrogen functional groups attached to an aromatic ring is 1. The van der Waals surface area contributed by atoms with Crippen molar-refractivity contribution in [3.05, 3.63) is 62.7 Å². The van der Waals surface area contributed by atoms with E-state index in [4.69, 9.17) is 10.5 Å². The third-order valence-corrected chi connectivity index (χ3v) is 6.55. The Bertz CT molecular complexity index is 1250. The van der Waals surface area contributed by atoms with Crippen molar-refractivity contribution in [2.45, 2.75) is 38.3 Å². The molecule has 4 aliphatic rings. The summed E-state index contributed by atoms with van der Waals surface area (Å²) < 4.78 is 51.7. The molecule has 0 spiro atoms. The number of ether oxygens (including phenoxy) is 1. The Labute approximate surface area is 165 Å². The van der Waals surface area contributed by atoms with Gasteiger partial charge in [0.15, 0.2) is 0 Å². The fourth-order valence-corrected chi connectivity index (χ4v) is 5.45. The molecule has 148 valence electrons. The zero-order valence-corrected chi connectivity index (χ0v) is 15.8. The molecule has 0 atom stereocenters. The normalized spacial score (nSPS) is 19.4. The number of hydrogen-bond acceptors (Lipinski definition) is 2. The van der Waals surface area contributed by atoms with E-state index in [0.717, 1.165) is 66.4 Å². The quantitative estimate of drug-likeness (QED) is 0.548. The number of benzene rings is 2. The molecule has 0 aromatic heterocycles. The lowest BCUT2D eigenvalue weighted by Crippen LogP contribution is -2.45. The SMILES string of the molecule is Nc1ccc2c(c1)CC1=C2Oc2c3c4c(cc2=C1C(F)(F)F)CCC[N+]=4CCC3. The van der Waals surface area contributed by atoms with E-state index in [9.17, 15) is 13.2 Å².